The van der Waals surface area contributed by atoms with Crippen LogP contribution in [0.1, 0.15) is 38.5 Å². The van der Waals surface area contributed by atoms with E-state index < -0.39 is 0 Å². The molecule has 0 aliphatic heterocycles. The first-order valence-electron chi connectivity index (χ1n) is 5.24. The van der Waals surface area contributed by atoms with Crippen molar-refractivity contribution in [2.75, 3.05) is 0 Å². The molecule has 0 radical (unpaired) electrons. The fourth-order valence-electron chi connectivity index (χ4n) is 3.52. The van der Waals surface area contributed by atoms with E-state index >= 15 is 0 Å². The number of fused-ring (bicyclic) bond motifs is 4. The molecule has 1 nitrogen and oxygen atoms in total. The quantitative estimate of drug-likeness (QED) is 0.544. The Morgan fingerprint density at radius 2 is 1.58 bits per heavy atom. The van der Waals surface area contributed by atoms with Crippen LogP contribution in [0.15, 0.2) is 11.1 Å². The summed E-state index contributed by atoms with van der Waals surface area (Å²) in [5.74, 6) is 1.77. The molecule has 0 amide bonds. The summed E-state index contributed by atoms with van der Waals surface area (Å²) in [6.45, 7) is 0. The number of aliphatic hydroxyl groups excluding tert-OH is 1. The number of hydrogen-bond acceptors (Lipinski definition) is 1. The third-order valence-corrected chi connectivity index (χ3v) is 3.98. The summed E-state index contributed by atoms with van der Waals surface area (Å²) in [6.07, 6.45) is 7.67. The minimum Gasteiger partial charge on any atom is -0.392 e. The minimum absolute atomic E-state index is 0.0154. The molecular formula is C11H16O. The van der Waals surface area contributed by atoms with Crippen molar-refractivity contribution in [3.63, 3.8) is 0 Å². The topological polar surface area (TPSA) is 20.2 Å². The largest absolute Gasteiger partial charge is 0.392 e. The van der Waals surface area contributed by atoms with Crippen molar-refractivity contribution in [1.82, 2.24) is 0 Å². The van der Waals surface area contributed by atoms with Gasteiger partial charge >= 0.3 is 0 Å². The van der Waals surface area contributed by atoms with E-state index in [-0.39, 0.29) is 6.10 Å². The van der Waals surface area contributed by atoms with Gasteiger partial charge in [-0.1, -0.05) is 17.6 Å². The molecule has 12 heavy (non-hydrogen) atoms. The van der Waals surface area contributed by atoms with Gasteiger partial charge in [0, 0.05) is 0 Å². The minimum atomic E-state index is -0.0154. The highest BCUT2D eigenvalue weighted by atomic mass is 16.3. The summed E-state index contributed by atoms with van der Waals surface area (Å²) in [6, 6.07) is 0. The van der Waals surface area contributed by atoms with Gasteiger partial charge in [0.15, 0.2) is 0 Å². The van der Waals surface area contributed by atoms with Gasteiger partial charge in [0.1, 0.15) is 0 Å². The SMILES string of the molecule is OC1CC2=C(C1)C1CCCC2C1. The predicted molar refractivity (Wildman–Crippen MR) is 47.7 cm³/mol. The molecule has 0 saturated heterocycles. The molecule has 1 heteroatoms. The summed E-state index contributed by atoms with van der Waals surface area (Å²) in [4.78, 5) is 0. The highest BCUT2D eigenvalue weighted by Gasteiger charge is 2.40. The first-order chi connectivity index (χ1) is 5.84. The van der Waals surface area contributed by atoms with Crippen molar-refractivity contribution in [3.8, 4) is 0 Å². The smallest absolute Gasteiger partial charge is 0.0614 e. The van der Waals surface area contributed by atoms with E-state index in [0.29, 0.717) is 0 Å². The van der Waals surface area contributed by atoms with Crippen molar-refractivity contribution in [1.29, 1.82) is 0 Å². The van der Waals surface area contributed by atoms with E-state index in [1.165, 1.54) is 25.7 Å². The standard InChI is InChI=1S/C11H16O/c12-9-5-10-7-2-1-3-8(4-7)11(10)6-9/h7-9,12H,1-6H2. The van der Waals surface area contributed by atoms with Crippen LogP contribution in [0.25, 0.3) is 0 Å². The van der Waals surface area contributed by atoms with E-state index in [2.05, 4.69) is 0 Å². The first kappa shape index (κ1) is 7.14. The maximum absolute atomic E-state index is 9.55. The summed E-state index contributed by atoms with van der Waals surface area (Å²) < 4.78 is 0. The molecule has 2 bridgehead atoms. The van der Waals surface area contributed by atoms with Gasteiger partial charge < -0.3 is 5.11 Å². The van der Waals surface area contributed by atoms with Gasteiger partial charge in [0.05, 0.1) is 6.10 Å². The lowest BCUT2D eigenvalue weighted by Crippen LogP contribution is -2.14. The normalized spacial score (nSPS) is 45.2. The fourth-order valence-corrected chi connectivity index (χ4v) is 3.52. The van der Waals surface area contributed by atoms with Crippen LogP contribution in [-0.4, -0.2) is 11.2 Å². The Hall–Kier alpha value is -0.300. The molecule has 0 aromatic carbocycles. The second-order valence-corrected chi connectivity index (χ2v) is 4.67. The number of aliphatic hydroxyl groups is 1. The van der Waals surface area contributed by atoms with Crippen LogP contribution in [-0.2, 0) is 0 Å². The van der Waals surface area contributed by atoms with Crippen molar-refractivity contribution >= 4 is 0 Å². The van der Waals surface area contributed by atoms with Crippen molar-refractivity contribution < 1.29 is 5.11 Å². The molecular weight excluding hydrogens is 148 g/mol. The second-order valence-electron chi connectivity index (χ2n) is 4.67. The van der Waals surface area contributed by atoms with Crippen molar-refractivity contribution in [2.24, 2.45) is 11.8 Å². The number of rotatable bonds is 0. The average molecular weight is 164 g/mol. The number of hydrogen-bond donors (Lipinski definition) is 1. The molecule has 1 N–H and O–H groups in total. The van der Waals surface area contributed by atoms with E-state index in [9.17, 15) is 5.11 Å². The second kappa shape index (κ2) is 2.35. The van der Waals surface area contributed by atoms with E-state index in [0.717, 1.165) is 24.7 Å². The van der Waals surface area contributed by atoms with Crippen molar-refractivity contribution in [3.05, 3.63) is 11.1 Å². The van der Waals surface area contributed by atoms with Crippen LogP contribution in [0.2, 0.25) is 0 Å². The molecule has 0 spiro atoms. The molecule has 1 fully saturated rings. The fraction of sp³-hybridized carbons (Fsp3) is 0.818. The van der Waals surface area contributed by atoms with Gasteiger partial charge in [-0.25, -0.2) is 0 Å². The Kier molecular flexibility index (Phi) is 1.40. The van der Waals surface area contributed by atoms with Crippen LogP contribution in [0, 0.1) is 11.8 Å². The van der Waals surface area contributed by atoms with Crippen molar-refractivity contribution in [2.45, 2.75) is 44.6 Å². The maximum Gasteiger partial charge on any atom is 0.0614 e. The molecule has 66 valence electrons. The van der Waals surface area contributed by atoms with Crippen LogP contribution in [0.5, 0.6) is 0 Å². The summed E-state index contributed by atoms with van der Waals surface area (Å²) in [5.41, 5.74) is 3.34. The monoisotopic (exact) mass is 164 g/mol. The Morgan fingerprint density at radius 3 is 2.17 bits per heavy atom. The zero-order valence-corrected chi connectivity index (χ0v) is 7.42. The van der Waals surface area contributed by atoms with Crippen LogP contribution in [0.3, 0.4) is 0 Å². The zero-order chi connectivity index (χ0) is 8.13. The summed E-state index contributed by atoms with van der Waals surface area (Å²) >= 11 is 0. The highest BCUT2D eigenvalue weighted by molar-refractivity contribution is 5.32. The molecule has 3 rings (SSSR count). The van der Waals surface area contributed by atoms with Gasteiger partial charge in [-0.2, -0.15) is 0 Å². The van der Waals surface area contributed by atoms with Crippen LogP contribution >= 0.6 is 0 Å². The van der Waals surface area contributed by atoms with Gasteiger partial charge in [-0.05, 0) is 43.9 Å². The molecule has 0 heterocycles. The molecule has 1 saturated carbocycles. The van der Waals surface area contributed by atoms with Crippen LogP contribution in [0.4, 0.5) is 0 Å². The van der Waals surface area contributed by atoms with E-state index in [1.807, 2.05) is 0 Å². The van der Waals surface area contributed by atoms with Gasteiger partial charge in [-0.15, -0.1) is 0 Å². The third kappa shape index (κ3) is 0.832. The lowest BCUT2D eigenvalue weighted by molar-refractivity contribution is 0.173. The summed E-state index contributed by atoms with van der Waals surface area (Å²) in [7, 11) is 0. The van der Waals surface area contributed by atoms with E-state index in [4.69, 9.17) is 0 Å². The van der Waals surface area contributed by atoms with Gasteiger partial charge in [0.2, 0.25) is 0 Å². The lowest BCUT2D eigenvalue weighted by atomic mass is 9.83. The maximum atomic E-state index is 9.55. The molecule has 0 aromatic rings. The Morgan fingerprint density at radius 1 is 1.00 bits per heavy atom. The van der Waals surface area contributed by atoms with Gasteiger partial charge in [-0.3, -0.25) is 0 Å². The molecule has 2 unspecified atom stereocenters. The van der Waals surface area contributed by atoms with Crippen LogP contribution < -0.4 is 0 Å². The Balaban J connectivity index is 1.94. The Labute approximate surface area is 73.5 Å². The molecule has 3 aliphatic rings. The molecule has 0 aromatic heterocycles. The Bertz CT molecular complexity index is 219. The third-order valence-electron chi connectivity index (χ3n) is 3.98. The summed E-state index contributed by atoms with van der Waals surface area (Å²) in [5, 5.41) is 9.55. The zero-order valence-electron chi connectivity index (χ0n) is 7.42. The first-order valence-corrected chi connectivity index (χ1v) is 5.24. The molecule has 2 atom stereocenters. The van der Waals surface area contributed by atoms with E-state index in [1.54, 1.807) is 11.1 Å². The van der Waals surface area contributed by atoms with Gasteiger partial charge in [0.25, 0.3) is 0 Å². The highest BCUT2D eigenvalue weighted by Crippen LogP contribution is 2.52. The average Bonchev–Trinajstić information content (AvgIpc) is 2.55. The predicted octanol–water partition coefficient (Wildman–Crippen LogP) is 2.26. The lowest BCUT2D eigenvalue weighted by Gasteiger charge is -2.23. The molecule has 3 aliphatic carbocycles.